The van der Waals surface area contributed by atoms with Crippen LogP contribution in [-0.4, -0.2) is 50.4 Å². The average Bonchev–Trinajstić information content (AvgIpc) is 3.60. The van der Waals surface area contributed by atoms with E-state index in [0.717, 1.165) is 35.6 Å². The lowest BCUT2D eigenvalue weighted by Gasteiger charge is -2.34. The number of hydrogen-bond donors (Lipinski definition) is 1. The van der Waals surface area contributed by atoms with Gasteiger partial charge in [-0.2, -0.15) is 0 Å². The Morgan fingerprint density at radius 2 is 1.47 bits per heavy atom. The highest BCUT2D eigenvalue weighted by Gasteiger charge is 2.35. The first-order valence-electron chi connectivity index (χ1n) is 15.9. The van der Waals surface area contributed by atoms with E-state index in [1.54, 1.807) is 54.6 Å². The molecule has 4 aromatic rings. The molecule has 1 saturated carbocycles. The van der Waals surface area contributed by atoms with E-state index in [1.807, 2.05) is 37.3 Å². The topological polar surface area (TPSA) is 96.0 Å². The van der Waals surface area contributed by atoms with E-state index >= 15 is 0 Å². The Bertz CT molecular complexity index is 1710. The summed E-state index contributed by atoms with van der Waals surface area (Å²) < 4.78 is 48.8. The standard InChI is InChI=1S/C37H40FN3O5S/c1-2-46-33-23-21-32(22-24-33)41(47(44,45)34-15-7-4-8-16-34)27-36(42)40(26-29-17-19-30(38)20-18-29)35(25-28-11-5-3-6-12-28)37(43)39-31-13-9-10-14-31/h3-8,11-12,15-24,31,35H,2,9-10,13-14,25-27H2,1H3,(H,39,43)/t35-/m0/s1. The van der Waals surface area contributed by atoms with Crippen molar-refractivity contribution in [1.29, 1.82) is 0 Å². The Hall–Kier alpha value is -4.70. The fourth-order valence-electron chi connectivity index (χ4n) is 5.83. The fourth-order valence-corrected chi connectivity index (χ4v) is 7.27. The van der Waals surface area contributed by atoms with Crippen molar-refractivity contribution in [2.45, 2.75) is 62.6 Å². The van der Waals surface area contributed by atoms with Crippen molar-refractivity contribution in [1.82, 2.24) is 10.2 Å². The highest BCUT2D eigenvalue weighted by molar-refractivity contribution is 7.92. The van der Waals surface area contributed by atoms with Gasteiger partial charge in [0.15, 0.2) is 0 Å². The molecule has 1 aliphatic carbocycles. The van der Waals surface area contributed by atoms with Crippen LogP contribution in [0.5, 0.6) is 5.75 Å². The number of ether oxygens (including phenoxy) is 1. The molecule has 0 unspecified atom stereocenters. The van der Waals surface area contributed by atoms with Gasteiger partial charge in [-0.15, -0.1) is 0 Å². The maximum atomic E-state index is 14.6. The molecular weight excluding hydrogens is 617 g/mol. The van der Waals surface area contributed by atoms with Gasteiger partial charge in [0.25, 0.3) is 10.0 Å². The summed E-state index contributed by atoms with van der Waals surface area (Å²) in [6.45, 7) is 1.68. The van der Waals surface area contributed by atoms with Crippen molar-refractivity contribution in [2.75, 3.05) is 17.5 Å². The number of hydrogen-bond acceptors (Lipinski definition) is 5. The number of benzene rings is 4. The number of halogens is 1. The van der Waals surface area contributed by atoms with Crippen LogP contribution in [0.25, 0.3) is 0 Å². The summed E-state index contributed by atoms with van der Waals surface area (Å²) in [5, 5.41) is 3.15. The van der Waals surface area contributed by atoms with Gasteiger partial charge in [0.1, 0.15) is 24.2 Å². The molecule has 1 aliphatic rings. The molecular formula is C37H40FN3O5S. The third kappa shape index (κ3) is 8.77. The van der Waals surface area contributed by atoms with Crippen LogP contribution in [0.1, 0.15) is 43.7 Å². The second-order valence-electron chi connectivity index (χ2n) is 11.6. The Kier molecular flexibility index (Phi) is 11.3. The maximum absolute atomic E-state index is 14.6. The second-order valence-corrected chi connectivity index (χ2v) is 13.5. The zero-order chi connectivity index (χ0) is 33.2. The molecule has 0 heterocycles. The highest BCUT2D eigenvalue weighted by atomic mass is 32.2. The summed E-state index contributed by atoms with van der Waals surface area (Å²) in [5.74, 6) is -0.758. The quantitative estimate of drug-likeness (QED) is 0.176. The lowest BCUT2D eigenvalue weighted by molar-refractivity contribution is -0.140. The van der Waals surface area contributed by atoms with Crippen LogP contribution in [0.3, 0.4) is 0 Å². The highest BCUT2D eigenvalue weighted by Crippen LogP contribution is 2.27. The zero-order valence-corrected chi connectivity index (χ0v) is 27.2. The molecule has 0 bridgehead atoms. The van der Waals surface area contributed by atoms with E-state index in [-0.39, 0.29) is 35.5 Å². The first-order valence-corrected chi connectivity index (χ1v) is 17.4. The molecule has 246 valence electrons. The molecule has 4 aromatic carbocycles. The second kappa shape index (κ2) is 15.7. The molecule has 0 aromatic heterocycles. The number of rotatable bonds is 14. The molecule has 0 spiro atoms. The minimum Gasteiger partial charge on any atom is -0.494 e. The monoisotopic (exact) mass is 657 g/mol. The van der Waals surface area contributed by atoms with Gasteiger partial charge in [-0.25, -0.2) is 12.8 Å². The first kappa shape index (κ1) is 33.7. The molecule has 0 aliphatic heterocycles. The molecule has 8 nitrogen and oxygen atoms in total. The average molecular weight is 658 g/mol. The largest absolute Gasteiger partial charge is 0.494 e. The van der Waals surface area contributed by atoms with Gasteiger partial charge in [0, 0.05) is 19.0 Å². The van der Waals surface area contributed by atoms with E-state index in [9.17, 15) is 22.4 Å². The Labute approximate surface area is 276 Å². The van der Waals surface area contributed by atoms with Crippen LogP contribution in [0.2, 0.25) is 0 Å². The number of amides is 2. The molecule has 1 fully saturated rings. The molecule has 1 atom stereocenters. The van der Waals surface area contributed by atoms with E-state index < -0.39 is 34.3 Å². The van der Waals surface area contributed by atoms with Crippen LogP contribution in [0.4, 0.5) is 10.1 Å². The van der Waals surface area contributed by atoms with Crippen LogP contribution < -0.4 is 14.4 Å². The minimum atomic E-state index is -4.21. The Morgan fingerprint density at radius 1 is 0.851 bits per heavy atom. The molecule has 2 amide bonds. The van der Waals surface area contributed by atoms with Gasteiger partial charge in [-0.05, 0) is 79.4 Å². The zero-order valence-electron chi connectivity index (χ0n) is 26.4. The first-order chi connectivity index (χ1) is 22.7. The predicted molar refractivity (Wildman–Crippen MR) is 180 cm³/mol. The predicted octanol–water partition coefficient (Wildman–Crippen LogP) is 6.12. The van der Waals surface area contributed by atoms with Gasteiger partial charge >= 0.3 is 0 Å². The van der Waals surface area contributed by atoms with Crippen LogP contribution in [-0.2, 0) is 32.6 Å². The Balaban J connectivity index is 1.55. The van der Waals surface area contributed by atoms with Gasteiger partial charge in [0.05, 0.1) is 17.2 Å². The summed E-state index contributed by atoms with van der Waals surface area (Å²) in [4.78, 5) is 30.1. The van der Waals surface area contributed by atoms with Crippen molar-refractivity contribution in [3.05, 3.63) is 126 Å². The van der Waals surface area contributed by atoms with Crippen LogP contribution in [0.15, 0.2) is 114 Å². The molecule has 47 heavy (non-hydrogen) atoms. The summed E-state index contributed by atoms with van der Waals surface area (Å²) in [6.07, 6.45) is 3.95. The number of nitrogens with one attached hydrogen (secondary N) is 1. The Morgan fingerprint density at radius 3 is 2.09 bits per heavy atom. The van der Waals surface area contributed by atoms with Crippen molar-refractivity contribution in [2.24, 2.45) is 0 Å². The molecule has 1 N–H and O–H groups in total. The lowest BCUT2D eigenvalue weighted by Crippen LogP contribution is -2.54. The molecule has 0 saturated heterocycles. The lowest BCUT2D eigenvalue weighted by atomic mass is 10.0. The number of nitrogens with zero attached hydrogens (tertiary/aromatic N) is 2. The van der Waals surface area contributed by atoms with E-state index in [1.165, 1.54) is 29.2 Å². The third-order valence-electron chi connectivity index (χ3n) is 8.28. The van der Waals surface area contributed by atoms with Crippen LogP contribution >= 0.6 is 0 Å². The number of sulfonamides is 1. The van der Waals surface area contributed by atoms with Gasteiger partial charge in [-0.1, -0.05) is 73.5 Å². The third-order valence-corrected chi connectivity index (χ3v) is 10.1. The number of carbonyl (C=O) groups is 2. The summed E-state index contributed by atoms with van der Waals surface area (Å²) in [7, 11) is -4.21. The number of carbonyl (C=O) groups excluding carboxylic acids is 2. The van der Waals surface area contributed by atoms with Gasteiger partial charge < -0.3 is 15.0 Å². The van der Waals surface area contributed by atoms with Crippen molar-refractivity contribution < 1.29 is 27.1 Å². The van der Waals surface area contributed by atoms with Gasteiger partial charge in [0.2, 0.25) is 11.8 Å². The van der Waals surface area contributed by atoms with E-state index in [0.29, 0.717) is 17.9 Å². The normalized spacial score (nSPS) is 13.9. The number of anilines is 1. The van der Waals surface area contributed by atoms with E-state index in [2.05, 4.69) is 5.32 Å². The van der Waals surface area contributed by atoms with Crippen molar-refractivity contribution in [3.8, 4) is 5.75 Å². The van der Waals surface area contributed by atoms with Gasteiger partial charge in [-0.3, -0.25) is 13.9 Å². The summed E-state index contributed by atoms with van der Waals surface area (Å²) in [5.41, 5.74) is 1.71. The molecule has 10 heteroatoms. The van der Waals surface area contributed by atoms with Crippen molar-refractivity contribution in [3.63, 3.8) is 0 Å². The molecule has 5 rings (SSSR count). The van der Waals surface area contributed by atoms with Crippen molar-refractivity contribution >= 4 is 27.5 Å². The summed E-state index contributed by atoms with van der Waals surface area (Å²) in [6, 6.07) is 28.6. The minimum absolute atomic E-state index is 0.00218. The SMILES string of the molecule is CCOc1ccc(N(CC(=O)N(Cc2ccc(F)cc2)[C@@H](Cc2ccccc2)C(=O)NC2CCCC2)S(=O)(=O)c2ccccc2)cc1. The molecule has 0 radical (unpaired) electrons. The van der Waals surface area contributed by atoms with E-state index in [4.69, 9.17) is 4.74 Å². The van der Waals surface area contributed by atoms with Crippen LogP contribution in [0, 0.1) is 5.82 Å². The fraction of sp³-hybridized carbons (Fsp3) is 0.297. The smallest absolute Gasteiger partial charge is 0.264 e. The maximum Gasteiger partial charge on any atom is 0.264 e. The summed E-state index contributed by atoms with van der Waals surface area (Å²) >= 11 is 0.